The number of aryl methyl sites for hydroxylation is 2. The van der Waals surface area contributed by atoms with Crippen LogP contribution in [-0.2, 0) is 0 Å². The highest BCUT2D eigenvalue weighted by Crippen LogP contribution is 2.21. The highest BCUT2D eigenvalue weighted by atomic mass is 16.4. The molecule has 2 rings (SSSR count). The van der Waals surface area contributed by atoms with Gasteiger partial charge in [0, 0.05) is 23.8 Å². The molecule has 0 aliphatic heterocycles. The number of aromatic nitrogens is 1. The van der Waals surface area contributed by atoms with Gasteiger partial charge in [0.15, 0.2) is 0 Å². The second kappa shape index (κ2) is 4.87. The first-order valence-corrected chi connectivity index (χ1v) is 5.59. The van der Waals surface area contributed by atoms with Gasteiger partial charge in [-0.2, -0.15) is 0 Å². The van der Waals surface area contributed by atoms with Gasteiger partial charge >= 0.3 is 5.97 Å². The lowest BCUT2D eigenvalue weighted by Crippen LogP contribution is -2.01. The second-order valence-electron chi connectivity index (χ2n) is 4.15. The van der Waals surface area contributed by atoms with Crippen LogP contribution in [0.1, 0.15) is 21.5 Å². The number of nitrogens with one attached hydrogen (secondary N) is 1. The molecule has 0 aliphatic rings. The van der Waals surface area contributed by atoms with E-state index in [9.17, 15) is 4.79 Å². The number of hydrogen-bond donors (Lipinski definition) is 2. The predicted molar refractivity (Wildman–Crippen MR) is 70.4 cm³/mol. The lowest BCUT2D eigenvalue weighted by molar-refractivity contribution is 0.0696. The van der Waals surface area contributed by atoms with Crippen molar-refractivity contribution in [2.75, 3.05) is 5.32 Å². The fourth-order valence-corrected chi connectivity index (χ4v) is 1.75. The Kier molecular flexibility index (Phi) is 3.28. The minimum atomic E-state index is -0.904. The average Bonchev–Trinajstić information content (AvgIpc) is 2.32. The molecule has 0 fully saturated rings. The molecule has 2 N–H and O–H groups in total. The van der Waals surface area contributed by atoms with E-state index in [2.05, 4.69) is 10.3 Å². The van der Waals surface area contributed by atoms with E-state index in [1.165, 1.54) is 0 Å². The summed E-state index contributed by atoms with van der Waals surface area (Å²) in [4.78, 5) is 14.9. The Balaban J connectivity index is 2.29. The third-order valence-electron chi connectivity index (χ3n) is 2.76. The minimum Gasteiger partial charge on any atom is -0.478 e. The first-order valence-electron chi connectivity index (χ1n) is 5.59. The molecule has 0 radical (unpaired) electrons. The maximum absolute atomic E-state index is 10.9. The largest absolute Gasteiger partial charge is 0.478 e. The number of rotatable bonds is 3. The van der Waals surface area contributed by atoms with E-state index in [4.69, 9.17) is 5.11 Å². The molecule has 0 saturated carbocycles. The first kappa shape index (κ1) is 12.1. The molecule has 18 heavy (non-hydrogen) atoms. The van der Waals surface area contributed by atoms with Gasteiger partial charge in [-0.25, -0.2) is 4.79 Å². The van der Waals surface area contributed by atoms with Gasteiger partial charge in [0.1, 0.15) is 0 Å². The summed E-state index contributed by atoms with van der Waals surface area (Å²) >= 11 is 0. The fourth-order valence-electron chi connectivity index (χ4n) is 1.75. The maximum atomic E-state index is 10.9. The van der Waals surface area contributed by atoms with Gasteiger partial charge in [0.25, 0.3) is 0 Å². The molecule has 2 aromatic rings. The van der Waals surface area contributed by atoms with Crippen molar-refractivity contribution in [3.8, 4) is 0 Å². The second-order valence-corrected chi connectivity index (χ2v) is 4.15. The lowest BCUT2D eigenvalue weighted by atomic mass is 10.1. The van der Waals surface area contributed by atoms with E-state index in [0.29, 0.717) is 5.56 Å². The molecule has 1 aromatic carbocycles. The van der Waals surface area contributed by atoms with Crippen LogP contribution in [0.4, 0.5) is 11.4 Å². The van der Waals surface area contributed by atoms with Crippen molar-refractivity contribution >= 4 is 17.3 Å². The van der Waals surface area contributed by atoms with E-state index in [0.717, 1.165) is 22.5 Å². The minimum absolute atomic E-state index is 0.326. The molecule has 1 heterocycles. The smallest absolute Gasteiger partial charge is 0.335 e. The molecule has 92 valence electrons. The van der Waals surface area contributed by atoms with Gasteiger partial charge in [-0.1, -0.05) is 0 Å². The Morgan fingerprint density at radius 3 is 2.61 bits per heavy atom. The van der Waals surface area contributed by atoms with Gasteiger partial charge in [-0.05, 0) is 49.2 Å². The molecule has 0 amide bonds. The van der Waals surface area contributed by atoms with Crippen molar-refractivity contribution in [2.45, 2.75) is 13.8 Å². The zero-order valence-corrected chi connectivity index (χ0v) is 10.3. The SMILES string of the molecule is Cc1cnccc1Nc1ccc(C(=O)O)c(C)c1. The van der Waals surface area contributed by atoms with Crippen molar-refractivity contribution in [3.63, 3.8) is 0 Å². The summed E-state index contributed by atoms with van der Waals surface area (Å²) in [6.07, 6.45) is 3.49. The standard InChI is InChI=1S/C14H14N2O2/c1-9-7-11(3-4-12(9)14(17)18)16-13-5-6-15-8-10(13)2/h3-8H,1-2H3,(H,15,16)(H,17,18). The summed E-state index contributed by atoms with van der Waals surface area (Å²) < 4.78 is 0. The topological polar surface area (TPSA) is 62.2 Å². The molecule has 0 spiro atoms. The molecule has 4 nitrogen and oxygen atoms in total. The van der Waals surface area contributed by atoms with E-state index >= 15 is 0 Å². The van der Waals surface area contributed by atoms with Crippen LogP contribution < -0.4 is 5.32 Å². The van der Waals surface area contributed by atoms with E-state index in [1.54, 1.807) is 31.5 Å². The van der Waals surface area contributed by atoms with Crippen LogP contribution in [-0.4, -0.2) is 16.1 Å². The molecule has 0 aliphatic carbocycles. The quantitative estimate of drug-likeness (QED) is 0.868. The highest BCUT2D eigenvalue weighted by molar-refractivity contribution is 5.90. The van der Waals surface area contributed by atoms with Gasteiger partial charge in [0.2, 0.25) is 0 Å². The molecule has 0 saturated heterocycles. The van der Waals surface area contributed by atoms with Crippen molar-refractivity contribution in [1.29, 1.82) is 0 Å². The lowest BCUT2D eigenvalue weighted by Gasteiger charge is -2.10. The Hall–Kier alpha value is -2.36. The number of carbonyl (C=O) groups is 1. The zero-order valence-electron chi connectivity index (χ0n) is 10.3. The van der Waals surface area contributed by atoms with Gasteiger partial charge in [-0.3, -0.25) is 4.98 Å². The monoisotopic (exact) mass is 242 g/mol. The predicted octanol–water partition coefficient (Wildman–Crippen LogP) is 3.14. The molecular weight excluding hydrogens is 228 g/mol. The van der Waals surface area contributed by atoms with Crippen LogP contribution in [0.3, 0.4) is 0 Å². The van der Waals surface area contributed by atoms with Crippen LogP contribution in [0.25, 0.3) is 0 Å². The number of carboxylic acid groups (broad SMARTS) is 1. The van der Waals surface area contributed by atoms with Crippen LogP contribution in [0.15, 0.2) is 36.7 Å². The van der Waals surface area contributed by atoms with Crippen molar-refractivity contribution in [3.05, 3.63) is 53.3 Å². The van der Waals surface area contributed by atoms with Crippen molar-refractivity contribution in [1.82, 2.24) is 4.98 Å². The number of aromatic carboxylic acids is 1. The van der Waals surface area contributed by atoms with E-state index < -0.39 is 5.97 Å². The Morgan fingerprint density at radius 2 is 2.00 bits per heavy atom. The third kappa shape index (κ3) is 2.48. The molecule has 4 heteroatoms. The number of pyridine rings is 1. The number of nitrogens with zero attached hydrogens (tertiary/aromatic N) is 1. The molecule has 0 atom stereocenters. The summed E-state index contributed by atoms with van der Waals surface area (Å²) in [6.45, 7) is 3.75. The van der Waals surface area contributed by atoms with Crippen LogP contribution in [0.5, 0.6) is 0 Å². The summed E-state index contributed by atoms with van der Waals surface area (Å²) in [5.74, 6) is -0.904. The zero-order chi connectivity index (χ0) is 13.1. The van der Waals surface area contributed by atoms with Gasteiger partial charge < -0.3 is 10.4 Å². The van der Waals surface area contributed by atoms with Crippen LogP contribution in [0.2, 0.25) is 0 Å². The number of benzene rings is 1. The maximum Gasteiger partial charge on any atom is 0.335 e. The fraction of sp³-hybridized carbons (Fsp3) is 0.143. The van der Waals surface area contributed by atoms with Gasteiger partial charge in [0.05, 0.1) is 5.56 Å². The van der Waals surface area contributed by atoms with E-state index in [-0.39, 0.29) is 0 Å². The Morgan fingerprint density at radius 1 is 1.22 bits per heavy atom. The van der Waals surface area contributed by atoms with E-state index in [1.807, 2.05) is 19.1 Å². The molecule has 0 bridgehead atoms. The van der Waals surface area contributed by atoms with Gasteiger partial charge in [-0.15, -0.1) is 0 Å². The average molecular weight is 242 g/mol. The molecule has 0 unspecified atom stereocenters. The van der Waals surface area contributed by atoms with Crippen LogP contribution in [0, 0.1) is 13.8 Å². The Labute approximate surface area is 105 Å². The van der Waals surface area contributed by atoms with Crippen molar-refractivity contribution in [2.24, 2.45) is 0 Å². The summed E-state index contributed by atoms with van der Waals surface area (Å²) in [5.41, 5.74) is 3.93. The van der Waals surface area contributed by atoms with Crippen molar-refractivity contribution < 1.29 is 9.90 Å². The summed E-state index contributed by atoms with van der Waals surface area (Å²) in [7, 11) is 0. The third-order valence-corrected chi connectivity index (χ3v) is 2.76. The first-order chi connectivity index (χ1) is 8.58. The summed E-state index contributed by atoms with van der Waals surface area (Å²) in [5, 5.41) is 12.2. The number of carboxylic acids is 1. The Bertz CT molecular complexity index is 594. The molecule has 1 aromatic heterocycles. The molecular formula is C14H14N2O2. The number of anilines is 2. The normalized spacial score (nSPS) is 10.1. The van der Waals surface area contributed by atoms with Crippen LogP contribution >= 0.6 is 0 Å². The number of hydrogen-bond acceptors (Lipinski definition) is 3. The summed E-state index contributed by atoms with van der Waals surface area (Å²) in [6, 6.07) is 7.08. The highest BCUT2D eigenvalue weighted by Gasteiger charge is 2.07.